The van der Waals surface area contributed by atoms with Gasteiger partial charge in [-0.3, -0.25) is 0 Å². The smallest absolute Gasteiger partial charge is 0.222 e. The van der Waals surface area contributed by atoms with Crippen molar-refractivity contribution < 1.29 is 13.2 Å². The van der Waals surface area contributed by atoms with Crippen molar-refractivity contribution in [2.45, 2.75) is 20.4 Å². The van der Waals surface area contributed by atoms with Gasteiger partial charge in [0.25, 0.3) is 0 Å². The number of rotatable bonds is 5. The van der Waals surface area contributed by atoms with Crippen molar-refractivity contribution in [2.75, 3.05) is 5.73 Å². The molecule has 0 aliphatic rings. The molecule has 0 amide bonds. The zero-order valence-electron chi connectivity index (χ0n) is 15.4. The number of nitrogens with two attached hydrogens (primary N) is 1. The van der Waals surface area contributed by atoms with Crippen LogP contribution >= 0.6 is 0 Å². The molecule has 2 aromatic heterocycles. The molecule has 5 nitrogen and oxygen atoms in total. The first-order valence-corrected chi connectivity index (χ1v) is 8.44. The Morgan fingerprint density at radius 3 is 2.71 bits per heavy atom. The maximum Gasteiger partial charge on any atom is 0.222 e. The number of allylic oxidation sites excluding steroid dienone is 5. The minimum absolute atomic E-state index is 0.108. The van der Waals surface area contributed by atoms with Gasteiger partial charge in [-0.1, -0.05) is 24.8 Å². The zero-order chi connectivity index (χ0) is 20.4. The van der Waals surface area contributed by atoms with Crippen LogP contribution in [0.25, 0.3) is 22.3 Å². The Hall–Kier alpha value is -3.42. The molecule has 3 aromatic rings. The molecule has 0 radical (unpaired) electrons. The van der Waals surface area contributed by atoms with Crippen LogP contribution in [0.15, 0.2) is 60.4 Å². The van der Waals surface area contributed by atoms with E-state index in [1.807, 2.05) is 0 Å². The molecular weight excluding hydrogens is 367 g/mol. The molecule has 0 aliphatic heterocycles. The number of aryl methyl sites for hydroxylation is 1. The number of benzene rings is 1. The molecule has 0 atom stereocenters. The van der Waals surface area contributed by atoms with Crippen LogP contribution in [-0.4, -0.2) is 19.7 Å². The molecule has 3 rings (SSSR count). The summed E-state index contributed by atoms with van der Waals surface area (Å²) in [5.41, 5.74) is 6.70. The topological polar surface area (TPSA) is 69.6 Å². The summed E-state index contributed by atoms with van der Waals surface area (Å²) < 4.78 is 43.8. The van der Waals surface area contributed by atoms with Gasteiger partial charge in [-0.2, -0.15) is 10.1 Å². The summed E-state index contributed by atoms with van der Waals surface area (Å²) in [6, 6.07) is 4.90. The largest absolute Gasteiger partial charge is 0.368 e. The van der Waals surface area contributed by atoms with Crippen LogP contribution in [0.1, 0.15) is 12.5 Å². The minimum Gasteiger partial charge on any atom is -0.368 e. The lowest BCUT2D eigenvalue weighted by Gasteiger charge is -2.09. The first kappa shape index (κ1) is 19.3. The Morgan fingerprint density at radius 2 is 2.04 bits per heavy atom. The Morgan fingerprint density at radius 1 is 1.29 bits per heavy atom. The van der Waals surface area contributed by atoms with Crippen LogP contribution in [0.4, 0.5) is 19.1 Å². The van der Waals surface area contributed by atoms with Gasteiger partial charge in [0.05, 0.1) is 23.8 Å². The lowest BCUT2D eigenvalue weighted by molar-refractivity contribution is 0.571. The molecule has 8 heteroatoms. The third-order valence-corrected chi connectivity index (χ3v) is 4.20. The van der Waals surface area contributed by atoms with E-state index in [0.717, 1.165) is 6.08 Å². The van der Waals surface area contributed by atoms with Crippen LogP contribution in [0, 0.1) is 12.7 Å². The summed E-state index contributed by atoms with van der Waals surface area (Å²) >= 11 is 0. The van der Waals surface area contributed by atoms with Crippen molar-refractivity contribution >= 4 is 17.0 Å². The molecule has 2 heterocycles. The lowest BCUT2D eigenvalue weighted by Crippen LogP contribution is -2.07. The van der Waals surface area contributed by atoms with Crippen molar-refractivity contribution in [2.24, 2.45) is 0 Å². The highest BCUT2D eigenvalue weighted by molar-refractivity contribution is 5.91. The van der Waals surface area contributed by atoms with Crippen LogP contribution < -0.4 is 5.73 Å². The van der Waals surface area contributed by atoms with Crippen molar-refractivity contribution in [3.05, 3.63) is 71.7 Å². The summed E-state index contributed by atoms with van der Waals surface area (Å²) in [5.74, 6) is -2.24. The third-order valence-electron chi connectivity index (χ3n) is 4.20. The zero-order valence-corrected chi connectivity index (χ0v) is 15.4. The second-order valence-electron chi connectivity index (χ2n) is 6.14. The summed E-state index contributed by atoms with van der Waals surface area (Å²) in [4.78, 5) is 8.27. The highest BCUT2D eigenvalue weighted by atomic mass is 19.1. The number of hydrogen-bond acceptors (Lipinski definition) is 4. The van der Waals surface area contributed by atoms with Gasteiger partial charge < -0.3 is 5.73 Å². The Bertz CT molecular complexity index is 1130. The molecule has 0 spiro atoms. The van der Waals surface area contributed by atoms with E-state index in [-0.39, 0.29) is 35.0 Å². The van der Waals surface area contributed by atoms with Gasteiger partial charge in [-0.15, -0.1) is 0 Å². The molecule has 28 heavy (non-hydrogen) atoms. The number of aromatic nitrogens is 4. The summed E-state index contributed by atoms with van der Waals surface area (Å²) in [5, 5.41) is 4.55. The Balaban J connectivity index is 2.19. The average molecular weight is 385 g/mol. The van der Waals surface area contributed by atoms with Gasteiger partial charge in [0, 0.05) is 11.1 Å². The van der Waals surface area contributed by atoms with Gasteiger partial charge in [0.1, 0.15) is 17.5 Å². The van der Waals surface area contributed by atoms with E-state index in [2.05, 4.69) is 21.6 Å². The van der Waals surface area contributed by atoms with Crippen molar-refractivity contribution in [3.63, 3.8) is 0 Å². The van der Waals surface area contributed by atoms with Gasteiger partial charge in [-0.25, -0.2) is 22.8 Å². The minimum atomic E-state index is -0.925. The average Bonchev–Trinajstić information content (AvgIpc) is 3.04. The lowest BCUT2D eigenvalue weighted by atomic mass is 10.1. The molecule has 144 valence electrons. The second-order valence-corrected chi connectivity index (χ2v) is 6.14. The van der Waals surface area contributed by atoms with E-state index < -0.39 is 17.5 Å². The molecular formula is C20H18F3N5. The fourth-order valence-corrected chi connectivity index (χ4v) is 2.81. The molecule has 2 N–H and O–H groups in total. The van der Waals surface area contributed by atoms with E-state index in [4.69, 9.17) is 5.73 Å². The molecule has 0 saturated heterocycles. The molecule has 0 bridgehead atoms. The first-order valence-electron chi connectivity index (χ1n) is 8.44. The van der Waals surface area contributed by atoms with Crippen LogP contribution in [0.5, 0.6) is 0 Å². The fourth-order valence-electron chi connectivity index (χ4n) is 2.81. The van der Waals surface area contributed by atoms with Gasteiger partial charge in [-0.05, 0) is 31.6 Å². The third kappa shape index (κ3) is 3.53. The highest BCUT2D eigenvalue weighted by Crippen LogP contribution is 2.30. The molecule has 0 fully saturated rings. The van der Waals surface area contributed by atoms with E-state index in [1.165, 1.54) is 17.0 Å². The number of halogens is 3. The number of nitrogen functional groups attached to an aromatic ring is 1. The Labute approximate surface area is 159 Å². The van der Waals surface area contributed by atoms with E-state index in [1.54, 1.807) is 32.0 Å². The maximum atomic E-state index is 14.6. The molecule has 0 aliphatic carbocycles. The first-order chi connectivity index (χ1) is 13.3. The monoisotopic (exact) mass is 385 g/mol. The van der Waals surface area contributed by atoms with Gasteiger partial charge >= 0.3 is 0 Å². The molecule has 0 unspecified atom stereocenters. The van der Waals surface area contributed by atoms with E-state index in [0.29, 0.717) is 10.9 Å². The van der Waals surface area contributed by atoms with Crippen LogP contribution in [-0.2, 0) is 6.54 Å². The predicted octanol–water partition coefficient (Wildman–Crippen LogP) is 4.81. The van der Waals surface area contributed by atoms with Crippen LogP contribution in [0.2, 0.25) is 0 Å². The van der Waals surface area contributed by atoms with Gasteiger partial charge in [0.2, 0.25) is 5.95 Å². The maximum absolute atomic E-state index is 14.6. The number of nitrogens with zero attached hydrogens (tertiary/aromatic N) is 4. The number of fused-ring (bicyclic) bond motifs is 1. The second kappa shape index (κ2) is 7.67. The molecule has 1 aromatic carbocycles. The van der Waals surface area contributed by atoms with Gasteiger partial charge in [0.15, 0.2) is 5.65 Å². The van der Waals surface area contributed by atoms with Crippen molar-refractivity contribution in [1.82, 2.24) is 19.7 Å². The summed E-state index contributed by atoms with van der Waals surface area (Å²) in [6.07, 6.45) is 3.99. The number of hydrogen-bond donors (Lipinski definition) is 1. The summed E-state index contributed by atoms with van der Waals surface area (Å²) in [6.45, 7) is 6.16. The van der Waals surface area contributed by atoms with E-state index in [9.17, 15) is 13.2 Å². The van der Waals surface area contributed by atoms with Crippen molar-refractivity contribution in [3.8, 4) is 11.3 Å². The van der Waals surface area contributed by atoms with Crippen LogP contribution in [0.3, 0.4) is 0 Å². The standard InChI is InChI=1S/C20H18F3N5/c1-4-6-16(22)15(12(3)21)10-28-19-14(9-25-28)18(26-20(24)27-19)13-8-5-7-11(2)17(13)23/h4-9H,3,10H2,1-2H3,(H2,24,26,27)/b6-4-,16-15+. The van der Waals surface area contributed by atoms with Crippen molar-refractivity contribution in [1.29, 1.82) is 0 Å². The Kier molecular flexibility index (Phi) is 5.30. The molecule has 0 saturated carbocycles. The SMILES string of the molecule is C=C(F)/C(Cn1ncc2c(-c3cccc(C)c3F)nc(N)nc21)=C(F)\C=C/C. The number of anilines is 1. The predicted molar refractivity (Wildman–Crippen MR) is 103 cm³/mol. The fraction of sp³-hybridized carbons (Fsp3) is 0.150. The van der Waals surface area contributed by atoms with E-state index >= 15 is 0 Å². The summed E-state index contributed by atoms with van der Waals surface area (Å²) in [7, 11) is 0. The highest BCUT2D eigenvalue weighted by Gasteiger charge is 2.19. The normalized spacial score (nSPS) is 12.6. The quantitative estimate of drug-likeness (QED) is 0.640.